The Morgan fingerprint density at radius 1 is 1.26 bits per heavy atom. The lowest BCUT2D eigenvalue weighted by Gasteiger charge is -2.37. The Labute approximate surface area is 177 Å². The van der Waals surface area contributed by atoms with E-state index >= 15 is 0 Å². The van der Waals surface area contributed by atoms with Gasteiger partial charge in [0.25, 0.3) is 0 Å². The van der Waals surface area contributed by atoms with E-state index in [9.17, 15) is 18.0 Å². The minimum atomic E-state index is -4.46. The number of hydrogen-bond donors (Lipinski definition) is 2. The topological polar surface area (TPSA) is 96.0 Å². The number of amides is 1. The molecule has 1 spiro atoms. The van der Waals surface area contributed by atoms with Crippen LogP contribution in [0.2, 0.25) is 0 Å². The summed E-state index contributed by atoms with van der Waals surface area (Å²) in [6.45, 7) is 4.54. The second kappa shape index (κ2) is 8.54. The Bertz CT molecular complexity index is 908. The number of imidazole rings is 1. The molecule has 0 saturated carbocycles. The van der Waals surface area contributed by atoms with Crippen LogP contribution in [0.5, 0.6) is 0 Å². The summed E-state index contributed by atoms with van der Waals surface area (Å²) in [7, 11) is 0. The van der Waals surface area contributed by atoms with Crippen molar-refractivity contribution < 1.29 is 22.7 Å². The number of carbonyl (C=O) groups is 1. The maximum absolute atomic E-state index is 13.1. The van der Waals surface area contributed by atoms with Crippen molar-refractivity contribution in [2.75, 3.05) is 26.3 Å². The maximum atomic E-state index is 13.1. The smallest absolute Gasteiger partial charge is 0.381 e. The molecule has 0 radical (unpaired) electrons. The molecule has 168 valence electrons. The molecule has 0 aliphatic carbocycles. The molecular weight excluding hydrogens is 413 g/mol. The quantitative estimate of drug-likeness (QED) is 0.742. The number of likely N-dealkylation sites (tertiary alicyclic amines) is 1. The zero-order valence-electron chi connectivity index (χ0n) is 17.2. The van der Waals surface area contributed by atoms with E-state index in [1.54, 1.807) is 12.4 Å². The summed E-state index contributed by atoms with van der Waals surface area (Å²) in [4.78, 5) is 29.7. The van der Waals surface area contributed by atoms with Gasteiger partial charge in [-0.25, -0.2) is 15.0 Å². The number of halogens is 3. The van der Waals surface area contributed by atoms with Gasteiger partial charge in [0.15, 0.2) is 0 Å². The van der Waals surface area contributed by atoms with Crippen molar-refractivity contribution in [3.63, 3.8) is 0 Å². The van der Waals surface area contributed by atoms with Gasteiger partial charge in [-0.1, -0.05) is 0 Å². The molecule has 8 nitrogen and oxygen atoms in total. The molecule has 0 aromatic carbocycles. The number of ether oxygens (including phenoxy) is 1. The van der Waals surface area contributed by atoms with E-state index in [0.717, 1.165) is 24.6 Å². The number of aromatic nitrogens is 4. The zero-order valence-corrected chi connectivity index (χ0v) is 17.2. The SMILES string of the molecule is Cc1cnc(CNC(=O)[C@H]2CN(Cc3ncc(C(F)(F)F)[nH]3)CC23CCOCC3)nc1. The van der Waals surface area contributed by atoms with Crippen molar-refractivity contribution in [3.8, 4) is 0 Å². The number of rotatable bonds is 5. The number of alkyl halides is 3. The standard InChI is InChI=1S/C20H25F3N6O2/c1-13-6-24-16(25-7-13)9-27-18(30)14-10-29(12-19(14)2-4-31-5-3-19)11-17-26-8-15(28-17)20(21,22)23/h6-8,14H,2-5,9-12H2,1H3,(H,26,28)(H,27,30)/t14-/m1/s1. The van der Waals surface area contributed by atoms with Crippen LogP contribution in [0.15, 0.2) is 18.6 Å². The Balaban J connectivity index is 1.44. The van der Waals surface area contributed by atoms with Gasteiger partial charge in [-0.3, -0.25) is 9.69 Å². The number of hydrogen-bond acceptors (Lipinski definition) is 6. The maximum Gasteiger partial charge on any atom is 0.432 e. The summed E-state index contributed by atoms with van der Waals surface area (Å²) in [5.74, 6) is 0.386. The lowest BCUT2D eigenvalue weighted by molar-refractivity contribution is -0.141. The van der Waals surface area contributed by atoms with Gasteiger partial charge in [0.2, 0.25) is 5.91 Å². The van der Waals surface area contributed by atoms with Gasteiger partial charge in [-0.05, 0) is 25.3 Å². The van der Waals surface area contributed by atoms with Gasteiger partial charge in [-0.2, -0.15) is 13.2 Å². The number of carbonyl (C=O) groups excluding carboxylic acids is 1. The van der Waals surface area contributed by atoms with Crippen LogP contribution in [0.25, 0.3) is 0 Å². The van der Waals surface area contributed by atoms with Crippen LogP contribution in [-0.2, 0) is 28.8 Å². The van der Waals surface area contributed by atoms with Crippen molar-refractivity contribution in [2.24, 2.45) is 11.3 Å². The summed E-state index contributed by atoms with van der Waals surface area (Å²) in [6.07, 6.45) is 1.21. The molecule has 2 saturated heterocycles. The Morgan fingerprint density at radius 2 is 1.97 bits per heavy atom. The second-order valence-electron chi connectivity index (χ2n) is 8.33. The summed E-state index contributed by atoms with van der Waals surface area (Å²) in [5, 5.41) is 2.94. The van der Waals surface area contributed by atoms with E-state index in [4.69, 9.17) is 4.74 Å². The molecule has 4 rings (SSSR count). The van der Waals surface area contributed by atoms with Crippen LogP contribution in [0, 0.1) is 18.3 Å². The second-order valence-corrected chi connectivity index (χ2v) is 8.33. The first kappa shape index (κ1) is 21.7. The highest BCUT2D eigenvalue weighted by Crippen LogP contribution is 2.44. The number of nitrogens with one attached hydrogen (secondary N) is 2. The highest BCUT2D eigenvalue weighted by Gasteiger charge is 2.50. The Morgan fingerprint density at radius 3 is 2.61 bits per heavy atom. The molecule has 0 bridgehead atoms. The highest BCUT2D eigenvalue weighted by molar-refractivity contribution is 5.80. The van der Waals surface area contributed by atoms with Crippen LogP contribution in [0.1, 0.15) is 35.7 Å². The summed E-state index contributed by atoms with van der Waals surface area (Å²) in [5.41, 5.74) is -0.195. The first-order valence-corrected chi connectivity index (χ1v) is 10.2. The highest BCUT2D eigenvalue weighted by atomic mass is 19.4. The normalized spacial score (nSPS) is 21.5. The predicted octanol–water partition coefficient (Wildman–Crippen LogP) is 2.07. The van der Waals surface area contributed by atoms with Gasteiger partial charge >= 0.3 is 6.18 Å². The van der Waals surface area contributed by atoms with Crippen LogP contribution < -0.4 is 5.32 Å². The predicted molar refractivity (Wildman–Crippen MR) is 103 cm³/mol. The molecule has 2 aromatic heterocycles. The molecule has 2 aromatic rings. The van der Waals surface area contributed by atoms with Gasteiger partial charge in [0.1, 0.15) is 17.3 Å². The van der Waals surface area contributed by atoms with Crippen LogP contribution in [0.3, 0.4) is 0 Å². The van der Waals surface area contributed by atoms with E-state index in [2.05, 4.69) is 25.3 Å². The molecule has 2 fully saturated rings. The lowest BCUT2D eigenvalue weighted by Crippen LogP contribution is -2.44. The van der Waals surface area contributed by atoms with E-state index < -0.39 is 11.9 Å². The lowest BCUT2D eigenvalue weighted by atomic mass is 9.72. The summed E-state index contributed by atoms with van der Waals surface area (Å²) >= 11 is 0. The Hall–Kier alpha value is -2.53. The molecular formula is C20H25F3N6O2. The molecule has 1 atom stereocenters. The third-order valence-electron chi connectivity index (χ3n) is 6.09. The van der Waals surface area contributed by atoms with Crippen molar-refractivity contribution in [2.45, 2.75) is 39.0 Å². The van der Waals surface area contributed by atoms with Crippen molar-refractivity contribution in [1.29, 1.82) is 0 Å². The number of aryl methyl sites for hydroxylation is 1. The van der Waals surface area contributed by atoms with Crippen LogP contribution >= 0.6 is 0 Å². The fourth-order valence-corrected chi connectivity index (χ4v) is 4.44. The molecule has 2 aliphatic rings. The van der Waals surface area contributed by atoms with Crippen LogP contribution in [-0.4, -0.2) is 57.0 Å². The first-order valence-electron chi connectivity index (χ1n) is 10.2. The van der Waals surface area contributed by atoms with Gasteiger partial charge in [-0.15, -0.1) is 0 Å². The van der Waals surface area contributed by atoms with E-state index in [1.165, 1.54) is 0 Å². The van der Waals surface area contributed by atoms with E-state index in [1.807, 2.05) is 11.8 Å². The van der Waals surface area contributed by atoms with Gasteiger partial charge in [0.05, 0.1) is 25.2 Å². The molecule has 11 heteroatoms. The third kappa shape index (κ3) is 4.87. The molecule has 4 heterocycles. The van der Waals surface area contributed by atoms with Crippen molar-refractivity contribution >= 4 is 5.91 Å². The molecule has 2 aliphatic heterocycles. The monoisotopic (exact) mass is 438 g/mol. The molecule has 31 heavy (non-hydrogen) atoms. The first-order chi connectivity index (χ1) is 14.7. The fourth-order valence-electron chi connectivity index (χ4n) is 4.44. The van der Waals surface area contributed by atoms with Gasteiger partial charge in [0, 0.05) is 44.1 Å². The molecule has 2 N–H and O–H groups in total. The number of nitrogens with zero attached hydrogens (tertiary/aromatic N) is 4. The number of aromatic amines is 1. The minimum absolute atomic E-state index is 0.0935. The zero-order chi connectivity index (χ0) is 22.1. The average Bonchev–Trinajstić information content (AvgIpc) is 3.33. The van der Waals surface area contributed by atoms with E-state index in [0.29, 0.717) is 32.1 Å². The summed E-state index contributed by atoms with van der Waals surface area (Å²) < 4.78 is 44.1. The van der Waals surface area contributed by atoms with Crippen LogP contribution in [0.4, 0.5) is 13.2 Å². The summed E-state index contributed by atoms with van der Waals surface area (Å²) in [6, 6.07) is 0. The minimum Gasteiger partial charge on any atom is -0.381 e. The Kier molecular flexibility index (Phi) is 5.98. The molecule has 1 amide bonds. The third-order valence-corrected chi connectivity index (χ3v) is 6.09. The van der Waals surface area contributed by atoms with E-state index in [-0.39, 0.29) is 36.2 Å². The van der Waals surface area contributed by atoms with Crippen molar-refractivity contribution in [1.82, 2.24) is 30.2 Å². The van der Waals surface area contributed by atoms with Gasteiger partial charge < -0.3 is 15.0 Å². The number of H-pyrrole nitrogens is 1. The average molecular weight is 438 g/mol. The fraction of sp³-hybridized carbons (Fsp3) is 0.600. The largest absolute Gasteiger partial charge is 0.432 e. The molecule has 0 unspecified atom stereocenters. The van der Waals surface area contributed by atoms with Crippen molar-refractivity contribution in [3.05, 3.63) is 41.5 Å².